The van der Waals surface area contributed by atoms with Gasteiger partial charge in [-0.05, 0) is 38.0 Å². The molecule has 1 fully saturated rings. The second-order valence-electron chi connectivity index (χ2n) is 8.15. The van der Waals surface area contributed by atoms with Crippen LogP contribution >= 0.6 is 11.6 Å². The van der Waals surface area contributed by atoms with Crippen molar-refractivity contribution in [2.45, 2.75) is 51.2 Å². The van der Waals surface area contributed by atoms with Gasteiger partial charge in [-0.1, -0.05) is 31.0 Å². The van der Waals surface area contributed by atoms with Crippen LogP contribution in [0.1, 0.15) is 48.7 Å². The molecule has 1 aliphatic heterocycles. The molecule has 0 bridgehead atoms. The topological polar surface area (TPSA) is 76.2 Å². The lowest BCUT2D eigenvalue weighted by molar-refractivity contribution is 0.0997. The molecule has 6 nitrogen and oxygen atoms in total. The van der Waals surface area contributed by atoms with Crippen LogP contribution in [0, 0.1) is 5.82 Å². The number of hydrogen-bond acceptors (Lipinski definition) is 4. The van der Waals surface area contributed by atoms with Gasteiger partial charge in [0.2, 0.25) is 0 Å². The number of hydrogen-bond donors (Lipinski definition) is 2. The summed E-state index contributed by atoms with van der Waals surface area (Å²) in [6, 6.07) is 4.29. The highest BCUT2D eigenvalue weighted by Gasteiger charge is 2.32. The number of rotatable bonds is 5. The molecular weight excluding hydrogens is 393 g/mol. The smallest absolute Gasteiger partial charge is 0.252 e. The van der Waals surface area contributed by atoms with Gasteiger partial charge in [0.25, 0.3) is 5.91 Å². The molecule has 0 atom stereocenters. The number of benzene rings is 1. The highest BCUT2D eigenvalue weighted by molar-refractivity contribution is 6.31. The van der Waals surface area contributed by atoms with E-state index in [0.717, 1.165) is 30.9 Å². The fraction of sp³-hybridized carbons (Fsp3) is 0.429. The first-order chi connectivity index (χ1) is 13.8. The predicted molar refractivity (Wildman–Crippen MR) is 111 cm³/mol. The predicted octanol–water partition coefficient (Wildman–Crippen LogP) is 3.65. The lowest BCUT2D eigenvalue weighted by atomic mass is 10.0. The Hall–Kier alpha value is -2.54. The summed E-state index contributed by atoms with van der Waals surface area (Å²) in [7, 11) is 0. The third-order valence-electron chi connectivity index (χ3n) is 5.95. The Balaban J connectivity index is 1.64. The van der Waals surface area contributed by atoms with Gasteiger partial charge < -0.3 is 16.0 Å². The number of fused-ring (bicyclic) bond motifs is 1. The van der Waals surface area contributed by atoms with Crippen molar-refractivity contribution in [1.29, 1.82) is 0 Å². The summed E-state index contributed by atoms with van der Waals surface area (Å²) in [4.78, 5) is 14.4. The summed E-state index contributed by atoms with van der Waals surface area (Å²) in [6.07, 6.45) is 4.69. The van der Waals surface area contributed by atoms with Gasteiger partial charge in [-0.3, -0.25) is 9.48 Å². The summed E-state index contributed by atoms with van der Waals surface area (Å²) < 4.78 is 15.4. The number of nitrogens with one attached hydrogen (secondary N) is 1. The van der Waals surface area contributed by atoms with Gasteiger partial charge in [-0.15, -0.1) is 0 Å². The van der Waals surface area contributed by atoms with Crippen molar-refractivity contribution in [3.63, 3.8) is 0 Å². The lowest BCUT2D eigenvalue weighted by Gasteiger charge is -2.36. The van der Waals surface area contributed by atoms with Crippen molar-refractivity contribution in [3.8, 4) is 11.3 Å². The minimum Gasteiger partial charge on any atom is -0.367 e. The summed E-state index contributed by atoms with van der Waals surface area (Å²) in [5.41, 5.74) is 7.85. The van der Waals surface area contributed by atoms with Crippen LogP contribution < -0.4 is 11.1 Å². The van der Waals surface area contributed by atoms with Crippen LogP contribution in [0.3, 0.4) is 0 Å². The first-order valence-electron chi connectivity index (χ1n) is 9.84. The van der Waals surface area contributed by atoms with Gasteiger partial charge in [-0.25, -0.2) is 4.39 Å². The minimum absolute atomic E-state index is 0.0205. The molecule has 1 saturated carbocycles. The average Bonchev–Trinajstić information content (AvgIpc) is 3.27. The third-order valence-corrected chi connectivity index (χ3v) is 6.24. The number of aromatic nitrogens is 2. The van der Waals surface area contributed by atoms with E-state index in [0.29, 0.717) is 29.9 Å². The molecule has 2 aliphatic rings. The minimum atomic E-state index is -0.565. The number of carbonyl (C=O) groups excluding carboxylic acids is 1. The van der Waals surface area contributed by atoms with Gasteiger partial charge in [0.1, 0.15) is 11.5 Å². The van der Waals surface area contributed by atoms with Gasteiger partial charge in [0.15, 0.2) is 0 Å². The Morgan fingerprint density at radius 1 is 1.34 bits per heavy atom. The largest absolute Gasteiger partial charge is 0.367 e. The summed E-state index contributed by atoms with van der Waals surface area (Å²) in [5, 5.41) is 8.14. The molecule has 2 heterocycles. The molecule has 0 spiro atoms. The molecule has 1 aromatic heterocycles. The van der Waals surface area contributed by atoms with E-state index in [1.165, 1.54) is 25.0 Å². The zero-order valence-electron chi connectivity index (χ0n) is 16.5. The van der Waals surface area contributed by atoms with Crippen LogP contribution in [0.5, 0.6) is 0 Å². The zero-order valence-corrected chi connectivity index (χ0v) is 17.2. The van der Waals surface area contributed by atoms with Crippen molar-refractivity contribution >= 4 is 17.5 Å². The lowest BCUT2D eigenvalue weighted by Crippen LogP contribution is -2.46. The maximum atomic E-state index is 13.6. The van der Waals surface area contributed by atoms with Gasteiger partial charge in [0, 0.05) is 17.6 Å². The fourth-order valence-electron chi connectivity index (χ4n) is 4.36. The maximum Gasteiger partial charge on any atom is 0.252 e. The number of nitrogens with two attached hydrogens (primary N) is 1. The normalized spacial score (nSPS) is 17.8. The van der Waals surface area contributed by atoms with Gasteiger partial charge in [0.05, 0.1) is 35.2 Å². The van der Waals surface area contributed by atoms with E-state index >= 15 is 0 Å². The van der Waals surface area contributed by atoms with Crippen LogP contribution in [0.2, 0.25) is 5.02 Å². The van der Waals surface area contributed by atoms with Crippen molar-refractivity contribution in [2.24, 2.45) is 5.73 Å². The first kappa shape index (κ1) is 19.8. The second kappa shape index (κ2) is 7.37. The van der Waals surface area contributed by atoms with E-state index < -0.39 is 11.7 Å². The van der Waals surface area contributed by atoms with E-state index in [-0.39, 0.29) is 10.6 Å². The first-order valence-corrected chi connectivity index (χ1v) is 10.2. The van der Waals surface area contributed by atoms with Gasteiger partial charge in [-0.2, -0.15) is 5.10 Å². The van der Waals surface area contributed by atoms with E-state index in [1.807, 2.05) is 0 Å². The monoisotopic (exact) mass is 417 g/mol. The Bertz CT molecular complexity index is 980. The number of halogens is 2. The van der Waals surface area contributed by atoms with E-state index in [1.54, 1.807) is 10.7 Å². The molecule has 1 aliphatic carbocycles. The zero-order chi connectivity index (χ0) is 20.8. The van der Waals surface area contributed by atoms with Crippen molar-refractivity contribution in [2.75, 3.05) is 6.54 Å². The Kier molecular flexibility index (Phi) is 5.02. The number of carbonyl (C=O) groups is 1. The second-order valence-corrected chi connectivity index (χ2v) is 8.55. The molecule has 29 heavy (non-hydrogen) atoms. The maximum absolute atomic E-state index is 13.6. The van der Waals surface area contributed by atoms with E-state index in [9.17, 15) is 9.18 Å². The molecule has 1 aromatic carbocycles. The molecular formula is C21H25ClFN5O. The van der Waals surface area contributed by atoms with Crippen LogP contribution in [0.4, 0.5) is 4.39 Å². The fourth-order valence-corrected chi connectivity index (χ4v) is 4.54. The SMILES string of the molecule is C=C(NC1(C)CCCC1)N1CCn2nc(-c3ccc(F)c(Cl)c3)c(C(N)=O)c2C1. The molecule has 4 rings (SSSR count). The van der Waals surface area contributed by atoms with Crippen LogP contribution in [0.15, 0.2) is 30.6 Å². The Morgan fingerprint density at radius 2 is 2.07 bits per heavy atom. The van der Waals surface area contributed by atoms with Gasteiger partial charge >= 0.3 is 0 Å². The third kappa shape index (κ3) is 3.71. The molecule has 1 amide bonds. The average molecular weight is 418 g/mol. The summed E-state index contributed by atoms with van der Waals surface area (Å²) in [5.74, 6) is -0.234. The standard InChI is InChI=1S/C21H25ClFN5O/c1-13(25-21(2)7-3-4-8-21)27-9-10-28-17(12-27)18(20(24)29)19(26-28)14-5-6-16(23)15(22)11-14/h5-6,11,25H,1,3-4,7-10,12H2,2H3,(H2,24,29). The molecule has 0 saturated heterocycles. The van der Waals surface area contributed by atoms with E-state index in [2.05, 4.69) is 28.8 Å². The number of primary amides is 1. The molecule has 3 N–H and O–H groups in total. The summed E-state index contributed by atoms with van der Waals surface area (Å²) >= 11 is 5.93. The van der Waals surface area contributed by atoms with Crippen LogP contribution in [-0.2, 0) is 13.1 Å². The quantitative estimate of drug-likeness (QED) is 0.778. The highest BCUT2D eigenvalue weighted by atomic mass is 35.5. The molecule has 0 radical (unpaired) electrons. The molecule has 154 valence electrons. The number of amides is 1. The van der Waals surface area contributed by atoms with Crippen LogP contribution in [-0.4, -0.2) is 32.7 Å². The molecule has 8 heteroatoms. The van der Waals surface area contributed by atoms with Crippen LogP contribution in [0.25, 0.3) is 11.3 Å². The molecule has 0 unspecified atom stereocenters. The Morgan fingerprint density at radius 3 is 2.72 bits per heavy atom. The Labute approximate surface area is 174 Å². The highest BCUT2D eigenvalue weighted by Crippen LogP contribution is 2.33. The van der Waals surface area contributed by atoms with Crippen molar-refractivity contribution in [1.82, 2.24) is 20.0 Å². The summed E-state index contributed by atoms with van der Waals surface area (Å²) in [6.45, 7) is 8.25. The molecule has 2 aromatic rings. The van der Waals surface area contributed by atoms with Crippen molar-refractivity contribution < 1.29 is 9.18 Å². The van der Waals surface area contributed by atoms with E-state index in [4.69, 9.17) is 17.3 Å². The number of nitrogens with zero attached hydrogens (tertiary/aromatic N) is 3. The van der Waals surface area contributed by atoms with Crippen molar-refractivity contribution in [3.05, 3.63) is 52.7 Å².